The van der Waals surface area contributed by atoms with Crippen molar-refractivity contribution in [2.45, 2.75) is 49.9 Å². The van der Waals surface area contributed by atoms with Crippen LogP contribution in [0.25, 0.3) is 21.9 Å². The van der Waals surface area contributed by atoms with E-state index < -0.39 is 12.2 Å². The number of fused-ring (bicyclic) bond motifs is 2. The third kappa shape index (κ3) is 3.26. The topological polar surface area (TPSA) is 110 Å². The number of hydrogen-bond acceptors (Lipinski definition) is 6. The van der Waals surface area contributed by atoms with Gasteiger partial charge in [-0.25, -0.2) is 15.0 Å². The number of rotatable bonds is 2. The number of aliphatic hydroxyl groups is 2. The lowest BCUT2D eigenvalue weighted by Crippen LogP contribution is -2.35. The van der Waals surface area contributed by atoms with E-state index in [4.69, 9.17) is 17.3 Å². The zero-order chi connectivity index (χ0) is 22.9. The average molecular weight is 529 g/mol. The predicted octanol–water partition coefficient (Wildman–Crippen LogP) is 4.60. The number of anilines is 1. The molecule has 2 aliphatic rings. The Morgan fingerprint density at radius 1 is 1.15 bits per heavy atom. The fourth-order valence-electron chi connectivity index (χ4n) is 6.02. The van der Waals surface area contributed by atoms with Crippen LogP contribution in [-0.4, -0.2) is 41.9 Å². The van der Waals surface area contributed by atoms with Crippen LogP contribution in [0.1, 0.15) is 43.2 Å². The molecule has 0 bridgehead atoms. The second-order valence-electron chi connectivity index (χ2n) is 9.44. The first kappa shape index (κ1) is 21.3. The molecule has 0 unspecified atom stereocenters. The summed E-state index contributed by atoms with van der Waals surface area (Å²) in [4.78, 5) is 12.9. The summed E-state index contributed by atoms with van der Waals surface area (Å²) in [5.41, 5.74) is 8.40. The second kappa shape index (κ2) is 7.63. The molecule has 2 saturated carbocycles. The Morgan fingerprint density at radius 2 is 2.00 bits per heavy atom. The SMILES string of the molecule is Nc1nc2cc([C@H]3CC[C@]4(C3)C[C@@H](n3ccc5c(Cl)ncnc53)[C@H](O)[C@@H]4O)ccc2cc1Br. The fourth-order valence-corrected chi connectivity index (χ4v) is 6.55. The highest BCUT2D eigenvalue weighted by atomic mass is 79.9. The molecule has 5 atom stereocenters. The summed E-state index contributed by atoms with van der Waals surface area (Å²) in [5, 5.41) is 24.4. The van der Waals surface area contributed by atoms with Crippen LogP contribution in [0.5, 0.6) is 0 Å². The van der Waals surface area contributed by atoms with Crippen molar-refractivity contribution in [2.24, 2.45) is 5.41 Å². The van der Waals surface area contributed by atoms with E-state index in [-0.39, 0.29) is 11.5 Å². The minimum absolute atomic E-state index is 0.266. The van der Waals surface area contributed by atoms with Crippen LogP contribution in [0.3, 0.4) is 0 Å². The first-order valence-corrected chi connectivity index (χ1v) is 12.2. The van der Waals surface area contributed by atoms with Crippen molar-refractivity contribution in [2.75, 3.05) is 5.73 Å². The Morgan fingerprint density at radius 3 is 2.85 bits per heavy atom. The van der Waals surface area contributed by atoms with Crippen LogP contribution >= 0.6 is 27.5 Å². The van der Waals surface area contributed by atoms with Gasteiger partial charge in [-0.1, -0.05) is 23.7 Å². The number of halogens is 2. The number of aliphatic hydroxyl groups excluding tert-OH is 2. The summed E-state index contributed by atoms with van der Waals surface area (Å²) in [7, 11) is 0. The molecule has 0 radical (unpaired) electrons. The van der Waals surface area contributed by atoms with Crippen molar-refractivity contribution in [3.8, 4) is 0 Å². The molecule has 170 valence electrons. The molecule has 0 amide bonds. The van der Waals surface area contributed by atoms with Gasteiger partial charge in [0.25, 0.3) is 0 Å². The molecule has 3 heterocycles. The van der Waals surface area contributed by atoms with Crippen LogP contribution in [0.2, 0.25) is 5.15 Å². The van der Waals surface area contributed by atoms with Gasteiger partial charge < -0.3 is 20.5 Å². The van der Waals surface area contributed by atoms with Gasteiger partial charge >= 0.3 is 0 Å². The van der Waals surface area contributed by atoms with E-state index in [9.17, 15) is 10.2 Å². The van der Waals surface area contributed by atoms with Crippen LogP contribution in [-0.2, 0) is 0 Å². The second-order valence-corrected chi connectivity index (χ2v) is 10.7. The Hall–Kier alpha value is -2.26. The molecular formula is C24H23BrClN5O2. The lowest BCUT2D eigenvalue weighted by Gasteiger charge is -2.28. The minimum Gasteiger partial charge on any atom is -0.390 e. The van der Waals surface area contributed by atoms with Gasteiger partial charge in [0, 0.05) is 17.0 Å². The van der Waals surface area contributed by atoms with Crippen LogP contribution in [0.15, 0.2) is 47.3 Å². The molecule has 0 aliphatic heterocycles. The van der Waals surface area contributed by atoms with Gasteiger partial charge in [0.2, 0.25) is 0 Å². The van der Waals surface area contributed by atoms with Crippen LogP contribution in [0, 0.1) is 5.41 Å². The zero-order valence-corrected chi connectivity index (χ0v) is 20.0. The smallest absolute Gasteiger partial charge is 0.145 e. The molecule has 0 saturated heterocycles. The average Bonchev–Trinajstić information content (AvgIpc) is 3.48. The van der Waals surface area contributed by atoms with E-state index in [1.54, 1.807) is 0 Å². The van der Waals surface area contributed by atoms with Gasteiger partial charge in [-0.05, 0) is 71.3 Å². The predicted molar refractivity (Wildman–Crippen MR) is 131 cm³/mol. The highest BCUT2D eigenvalue weighted by Crippen LogP contribution is 2.58. The Bertz CT molecular complexity index is 1390. The number of aromatic nitrogens is 4. The largest absolute Gasteiger partial charge is 0.390 e. The normalized spacial score (nSPS) is 29.6. The fraction of sp³-hybridized carbons (Fsp3) is 0.375. The first-order chi connectivity index (χ1) is 15.9. The van der Waals surface area contributed by atoms with E-state index >= 15 is 0 Å². The molecule has 7 nitrogen and oxygen atoms in total. The van der Waals surface area contributed by atoms with Gasteiger partial charge in [-0.15, -0.1) is 0 Å². The van der Waals surface area contributed by atoms with Crippen LogP contribution in [0.4, 0.5) is 5.82 Å². The quantitative estimate of drug-likeness (QED) is 0.328. The zero-order valence-electron chi connectivity index (χ0n) is 17.7. The van der Waals surface area contributed by atoms with Crippen molar-refractivity contribution in [3.63, 3.8) is 0 Å². The standard InChI is InChI=1S/C24H23BrClN5O2/c25-16-7-13-2-1-12(8-17(13)30-22(16)27)14-3-5-24(9-14)10-18(19(32)20(24)33)31-6-4-15-21(26)28-11-29-23(15)31/h1-2,4,6-8,11,14,18-20,32-33H,3,5,9-10H2,(H2,27,30)/t14-,18+,19-,20-,24-/m0/s1. The lowest BCUT2D eigenvalue weighted by atomic mass is 9.80. The highest BCUT2D eigenvalue weighted by molar-refractivity contribution is 9.10. The molecule has 2 aliphatic carbocycles. The molecule has 4 N–H and O–H groups in total. The van der Waals surface area contributed by atoms with Crippen molar-refractivity contribution >= 4 is 55.3 Å². The maximum absolute atomic E-state index is 11.2. The third-order valence-corrected chi connectivity index (χ3v) is 8.65. The Kier molecular flexibility index (Phi) is 4.92. The summed E-state index contributed by atoms with van der Waals surface area (Å²) in [6.07, 6.45) is 4.95. The van der Waals surface area contributed by atoms with E-state index in [0.717, 1.165) is 40.0 Å². The molecule has 1 spiro atoms. The Labute approximate surface area is 203 Å². The van der Waals surface area contributed by atoms with E-state index in [2.05, 4.69) is 49.1 Å². The number of hydrogen-bond donors (Lipinski definition) is 3. The van der Waals surface area contributed by atoms with Gasteiger partial charge in [-0.3, -0.25) is 0 Å². The summed E-state index contributed by atoms with van der Waals surface area (Å²) in [6.45, 7) is 0. The van der Waals surface area contributed by atoms with Gasteiger partial charge in [0.05, 0.1) is 27.5 Å². The summed E-state index contributed by atoms with van der Waals surface area (Å²) < 4.78 is 2.74. The molecule has 4 aromatic rings. The summed E-state index contributed by atoms with van der Waals surface area (Å²) in [6, 6.07) is 9.91. The number of nitrogens with two attached hydrogens (primary N) is 1. The lowest BCUT2D eigenvalue weighted by molar-refractivity contribution is -0.0260. The summed E-state index contributed by atoms with van der Waals surface area (Å²) in [5.74, 6) is 0.766. The monoisotopic (exact) mass is 527 g/mol. The van der Waals surface area contributed by atoms with Crippen molar-refractivity contribution in [1.82, 2.24) is 19.5 Å². The molecule has 1 aromatic carbocycles. The van der Waals surface area contributed by atoms with E-state index in [1.807, 2.05) is 22.9 Å². The molecule has 9 heteroatoms. The van der Waals surface area contributed by atoms with Gasteiger partial charge in [0.1, 0.15) is 29.0 Å². The third-order valence-electron chi connectivity index (χ3n) is 7.72. The Balaban J connectivity index is 1.30. The maximum Gasteiger partial charge on any atom is 0.145 e. The first-order valence-electron chi connectivity index (χ1n) is 11.1. The number of benzene rings is 1. The minimum atomic E-state index is -0.872. The van der Waals surface area contributed by atoms with Crippen molar-refractivity contribution in [1.29, 1.82) is 0 Å². The van der Waals surface area contributed by atoms with Crippen molar-refractivity contribution < 1.29 is 10.2 Å². The highest BCUT2D eigenvalue weighted by Gasteiger charge is 2.56. The number of nitrogen functional groups attached to an aromatic ring is 1. The van der Waals surface area contributed by atoms with E-state index in [0.29, 0.717) is 29.0 Å². The summed E-state index contributed by atoms with van der Waals surface area (Å²) >= 11 is 9.66. The van der Waals surface area contributed by atoms with Gasteiger partial charge in [-0.2, -0.15) is 0 Å². The molecule has 33 heavy (non-hydrogen) atoms. The van der Waals surface area contributed by atoms with Crippen molar-refractivity contribution in [3.05, 3.63) is 58.0 Å². The number of nitrogens with zero attached hydrogens (tertiary/aromatic N) is 4. The maximum atomic E-state index is 11.2. The van der Waals surface area contributed by atoms with Gasteiger partial charge in [0.15, 0.2) is 0 Å². The van der Waals surface area contributed by atoms with E-state index in [1.165, 1.54) is 11.9 Å². The molecule has 2 fully saturated rings. The van der Waals surface area contributed by atoms with Crippen LogP contribution < -0.4 is 5.73 Å². The molecular weight excluding hydrogens is 506 g/mol. The molecule has 6 rings (SSSR count). The number of pyridine rings is 1. The molecule has 3 aromatic heterocycles.